The van der Waals surface area contributed by atoms with E-state index in [2.05, 4.69) is 49.9 Å². The summed E-state index contributed by atoms with van der Waals surface area (Å²) < 4.78 is 0. The van der Waals surface area contributed by atoms with E-state index in [1.54, 1.807) is 0 Å². The standard InChI is InChI=1S/C17H28N2/c1-17(2,3)15-8-6-14(7-9-15)10-12-19-11-4-5-16(18)13-19/h6-9,16H,4-5,10-13,18H2,1-3H3/t16-/m0/s1. The van der Waals surface area contributed by atoms with Crippen molar-refractivity contribution < 1.29 is 0 Å². The van der Waals surface area contributed by atoms with E-state index in [0.29, 0.717) is 6.04 Å². The molecule has 106 valence electrons. The van der Waals surface area contributed by atoms with Crippen molar-refractivity contribution in [1.29, 1.82) is 0 Å². The lowest BCUT2D eigenvalue weighted by atomic mass is 9.86. The Morgan fingerprint density at radius 3 is 2.47 bits per heavy atom. The van der Waals surface area contributed by atoms with Crippen LogP contribution in [0.3, 0.4) is 0 Å². The monoisotopic (exact) mass is 260 g/mol. The van der Waals surface area contributed by atoms with E-state index in [1.165, 1.54) is 30.5 Å². The van der Waals surface area contributed by atoms with Gasteiger partial charge in [-0.05, 0) is 42.3 Å². The number of hydrogen-bond acceptors (Lipinski definition) is 2. The van der Waals surface area contributed by atoms with Crippen molar-refractivity contribution in [2.75, 3.05) is 19.6 Å². The average molecular weight is 260 g/mol. The fourth-order valence-electron chi connectivity index (χ4n) is 2.75. The van der Waals surface area contributed by atoms with Crippen LogP contribution >= 0.6 is 0 Å². The van der Waals surface area contributed by atoms with Gasteiger partial charge in [0.05, 0.1) is 0 Å². The molecule has 0 radical (unpaired) electrons. The van der Waals surface area contributed by atoms with Crippen molar-refractivity contribution in [2.45, 2.75) is 51.5 Å². The second-order valence-electron chi connectivity index (χ2n) is 6.90. The van der Waals surface area contributed by atoms with Gasteiger partial charge in [0, 0.05) is 19.1 Å². The molecule has 2 nitrogen and oxygen atoms in total. The largest absolute Gasteiger partial charge is 0.327 e. The Morgan fingerprint density at radius 2 is 1.89 bits per heavy atom. The second-order valence-corrected chi connectivity index (χ2v) is 6.90. The Kier molecular flexibility index (Phi) is 4.64. The van der Waals surface area contributed by atoms with E-state index < -0.39 is 0 Å². The highest BCUT2D eigenvalue weighted by molar-refractivity contribution is 5.27. The van der Waals surface area contributed by atoms with E-state index >= 15 is 0 Å². The number of piperidine rings is 1. The maximum atomic E-state index is 6.02. The topological polar surface area (TPSA) is 29.3 Å². The van der Waals surface area contributed by atoms with Gasteiger partial charge in [0.15, 0.2) is 0 Å². The molecule has 2 heteroatoms. The first kappa shape index (κ1) is 14.5. The summed E-state index contributed by atoms with van der Waals surface area (Å²) in [5.41, 5.74) is 9.12. The van der Waals surface area contributed by atoms with Gasteiger partial charge >= 0.3 is 0 Å². The molecular weight excluding hydrogens is 232 g/mol. The van der Waals surface area contributed by atoms with Gasteiger partial charge in [-0.15, -0.1) is 0 Å². The zero-order valence-electron chi connectivity index (χ0n) is 12.7. The van der Waals surface area contributed by atoms with E-state index in [0.717, 1.165) is 19.5 Å². The smallest absolute Gasteiger partial charge is 0.0168 e. The summed E-state index contributed by atoms with van der Waals surface area (Å²) in [4.78, 5) is 2.51. The summed E-state index contributed by atoms with van der Waals surface area (Å²) in [7, 11) is 0. The summed E-state index contributed by atoms with van der Waals surface area (Å²) in [6.07, 6.45) is 3.58. The average Bonchev–Trinajstić information content (AvgIpc) is 2.36. The molecule has 0 aliphatic carbocycles. The number of hydrogen-bond donors (Lipinski definition) is 1. The Bertz CT molecular complexity index is 389. The fourth-order valence-corrected chi connectivity index (χ4v) is 2.75. The van der Waals surface area contributed by atoms with Crippen LogP contribution in [0.25, 0.3) is 0 Å². The van der Waals surface area contributed by atoms with Crippen LogP contribution in [0.1, 0.15) is 44.7 Å². The number of benzene rings is 1. The predicted molar refractivity (Wildman–Crippen MR) is 82.5 cm³/mol. The van der Waals surface area contributed by atoms with Crippen LogP contribution in [-0.4, -0.2) is 30.6 Å². The molecule has 1 atom stereocenters. The highest BCUT2D eigenvalue weighted by atomic mass is 15.1. The van der Waals surface area contributed by atoms with Crippen LogP contribution in [0.2, 0.25) is 0 Å². The molecule has 1 fully saturated rings. The molecular formula is C17H28N2. The minimum atomic E-state index is 0.248. The molecule has 1 heterocycles. The van der Waals surface area contributed by atoms with Crippen molar-refractivity contribution in [2.24, 2.45) is 5.73 Å². The zero-order chi connectivity index (χ0) is 13.9. The highest BCUT2D eigenvalue weighted by Gasteiger charge is 2.16. The minimum absolute atomic E-state index is 0.248. The summed E-state index contributed by atoms with van der Waals surface area (Å²) in [5.74, 6) is 0. The van der Waals surface area contributed by atoms with Gasteiger partial charge in [0.25, 0.3) is 0 Å². The van der Waals surface area contributed by atoms with E-state index in [9.17, 15) is 0 Å². The third-order valence-corrected chi connectivity index (χ3v) is 4.08. The third-order valence-electron chi connectivity index (χ3n) is 4.08. The van der Waals surface area contributed by atoms with Crippen LogP contribution in [0.5, 0.6) is 0 Å². The molecule has 0 saturated carbocycles. The van der Waals surface area contributed by atoms with Crippen LogP contribution < -0.4 is 5.73 Å². The number of rotatable bonds is 3. The van der Waals surface area contributed by atoms with Crippen molar-refractivity contribution in [1.82, 2.24) is 4.90 Å². The molecule has 1 saturated heterocycles. The Balaban J connectivity index is 1.86. The molecule has 1 aromatic rings. The van der Waals surface area contributed by atoms with E-state index in [1.807, 2.05) is 0 Å². The molecule has 1 aromatic carbocycles. The van der Waals surface area contributed by atoms with Crippen LogP contribution in [0, 0.1) is 0 Å². The molecule has 2 rings (SSSR count). The van der Waals surface area contributed by atoms with Gasteiger partial charge in [-0.25, -0.2) is 0 Å². The maximum absolute atomic E-state index is 6.02. The van der Waals surface area contributed by atoms with E-state index in [4.69, 9.17) is 5.73 Å². The summed E-state index contributed by atoms with van der Waals surface area (Å²) in [6, 6.07) is 9.50. The highest BCUT2D eigenvalue weighted by Crippen LogP contribution is 2.22. The predicted octanol–water partition coefficient (Wildman–Crippen LogP) is 2.95. The molecule has 0 amide bonds. The molecule has 0 unspecified atom stereocenters. The lowest BCUT2D eigenvalue weighted by molar-refractivity contribution is 0.211. The Morgan fingerprint density at radius 1 is 1.21 bits per heavy atom. The van der Waals surface area contributed by atoms with Gasteiger partial charge in [0.1, 0.15) is 0 Å². The maximum Gasteiger partial charge on any atom is 0.0168 e. The Labute approximate surface area is 118 Å². The minimum Gasteiger partial charge on any atom is -0.327 e. The lowest BCUT2D eigenvalue weighted by Gasteiger charge is -2.30. The lowest BCUT2D eigenvalue weighted by Crippen LogP contribution is -2.43. The summed E-state index contributed by atoms with van der Waals surface area (Å²) in [6.45, 7) is 10.2. The first-order valence-electron chi connectivity index (χ1n) is 7.52. The Hall–Kier alpha value is -0.860. The van der Waals surface area contributed by atoms with Gasteiger partial charge in [0.2, 0.25) is 0 Å². The first-order chi connectivity index (χ1) is 8.95. The first-order valence-corrected chi connectivity index (χ1v) is 7.52. The zero-order valence-corrected chi connectivity index (χ0v) is 12.7. The second kappa shape index (κ2) is 6.06. The van der Waals surface area contributed by atoms with Crippen molar-refractivity contribution in [3.8, 4) is 0 Å². The van der Waals surface area contributed by atoms with Crippen LogP contribution in [0.4, 0.5) is 0 Å². The number of nitrogens with zero attached hydrogens (tertiary/aromatic N) is 1. The SMILES string of the molecule is CC(C)(C)c1ccc(CCN2CCC[C@H](N)C2)cc1. The molecule has 2 N–H and O–H groups in total. The molecule has 0 spiro atoms. The molecule has 1 aliphatic heterocycles. The number of nitrogens with two attached hydrogens (primary N) is 1. The fraction of sp³-hybridized carbons (Fsp3) is 0.647. The quantitative estimate of drug-likeness (QED) is 0.905. The van der Waals surface area contributed by atoms with Crippen molar-refractivity contribution in [3.63, 3.8) is 0 Å². The number of likely N-dealkylation sites (tertiary alicyclic amines) is 1. The van der Waals surface area contributed by atoms with Crippen LogP contribution in [0.15, 0.2) is 24.3 Å². The van der Waals surface area contributed by atoms with Gasteiger partial charge in [-0.3, -0.25) is 0 Å². The van der Waals surface area contributed by atoms with Crippen molar-refractivity contribution in [3.05, 3.63) is 35.4 Å². The summed E-state index contributed by atoms with van der Waals surface area (Å²) >= 11 is 0. The van der Waals surface area contributed by atoms with Crippen molar-refractivity contribution >= 4 is 0 Å². The van der Waals surface area contributed by atoms with E-state index in [-0.39, 0.29) is 5.41 Å². The summed E-state index contributed by atoms with van der Waals surface area (Å²) in [5, 5.41) is 0. The third kappa shape index (κ3) is 4.32. The van der Waals surface area contributed by atoms with Gasteiger partial charge in [-0.2, -0.15) is 0 Å². The van der Waals surface area contributed by atoms with Crippen LogP contribution in [-0.2, 0) is 11.8 Å². The molecule has 0 aromatic heterocycles. The normalized spacial score (nSPS) is 21.6. The molecule has 0 bridgehead atoms. The van der Waals surface area contributed by atoms with Gasteiger partial charge in [-0.1, -0.05) is 45.0 Å². The van der Waals surface area contributed by atoms with Gasteiger partial charge < -0.3 is 10.6 Å². The molecule has 1 aliphatic rings. The molecule has 19 heavy (non-hydrogen) atoms.